The van der Waals surface area contributed by atoms with E-state index in [9.17, 15) is 4.39 Å². The maximum Gasteiger partial charge on any atom is 0.168 e. The Bertz CT molecular complexity index is 1110. The molecule has 27 heavy (non-hydrogen) atoms. The van der Waals surface area contributed by atoms with E-state index >= 15 is 0 Å². The van der Waals surface area contributed by atoms with Crippen LogP contribution in [0.25, 0.3) is 16.8 Å². The quantitative estimate of drug-likeness (QED) is 0.538. The molecule has 0 unspecified atom stereocenters. The maximum absolute atomic E-state index is 14.2. The summed E-state index contributed by atoms with van der Waals surface area (Å²) in [5.74, 6) is 0.314. The zero-order valence-corrected chi connectivity index (χ0v) is 15.2. The Labute approximate surface area is 156 Å². The van der Waals surface area contributed by atoms with Gasteiger partial charge >= 0.3 is 0 Å². The van der Waals surface area contributed by atoms with Crippen molar-refractivity contribution >= 4 is 5.65 Å². The minimum atomic E-state index is -0.253. The number of benzene rings is 1. The van der Waals surface area contributed by atoms with E-state index in [0.717, 1.165) is 28.0 Å². The molecule has 136 valence electrons. The zero-order chi connectivity index (χ0) is 18.8. The average Bonchev–Trinajstić information content (AvgIpc) is 3.17. The van der Waals surface area contributed by atoms with Crippen LogP contribution in [0.3, 0.4) is 0 Å². The van der Waals surface area contributed by atoms with E-state index in [4.69, 9.17) is 4.74 Å². The number of rotatable bonds is 5. The van der Waals surface area contributed by atoms with E-state index in [1.165, 1.54) is 6.07 Å². The van der Waals surface area contributed by atoms with Crippen molar-refractivity contribution in [3.05, 3.63) is 77.8 Å². The van der Waals surface area contributed by atoms with E-state index < -0.39 is 0 Å². The van der Waals surface area contributed by atoms with Crippen molar-refractivity contribution in [1.82, 2.24) is 19.6 Å². The molecule has 0 saturated heterocycles. The molecule has 4 aromatic rings. The van der Waals surface area contributed by atoms with Crippen molar-refractivity contribution in [2.75, 3.05) is 7.11 Å². The molecular formula is C21H19FN4O. The molecule has 0 bridgehead atoms. The first-order valence-corrected chi connectivity index (χ1v) is 8.73. The van der Waals surface area contributed by atoms with Gasteiger partial charge in [-0.15, -0.1) is 10.2 Å². The molecule has 4 rings (SSSR count). The van der Waals surface area contributed by atoms with E-state index in [-0.39, 0.29) is 5.82 Å². The number of ether oxygens (including phenoxy) is 1. The lowest BCUT2D eigenvalue weighted by Crippen LogP contribution is -2.03. The number of pyridine rings is 2. The van der Waals surface area contributed by atoms with Gasteiger partial charge < -0.3 is 4.74 Å². The predicted molar refractivity (Wildman–Crippen MR) is 101 cm³/mol. The van der Waals surface area contributed by atoms with Crippen molar-refractivity contribution < 1.29 is 9.13 Å². The third-order valence-electron chi connectivity index (χ3n) is 4.80. The highest BCUT2D eigenvalue weighted by atomic mass is 19.1. The Morgan fingerprint density at radius 2 is 1.96 bits per heavy atom. The van der Waals surface area contributed by atoms with Gasteiger partial charge in [-0.2, -0.15) is 0 Å². The summed E-state index contributed by atoms with van der Waals surface area (Å²) in [6.07, 6.45) is 6.46. The molecule has 0 aliphatic heterocycles. The van der Waals surface area contributed by atoms with Crippen LogP contribution in [-0.4, -0.2) is 26.7 Å². The van der Waals surface area contributed by atoms with Crippen molar-refractivity contribution in [3.63, 3.8) is 0 Å². The summed E-state index contributed by atoms with van der Waals surface area (Å²) in [7, 11) is 1.56. The van der Waals surface area contributed by atoms with Gasteiger partial charge in [0.1, 0.15) is 17.9 Å². The first kappa shape index (κ1) is 17.1. The van der Waals surface area contributed by atoms with Crippen molar-refractivity contribution in [3.8, 4) is 16.9 Å². The lowest BCUT2D eigenvalue weighted by molar-refractivity contribution is 0.404. The summed E-state index contributed by atoms with van der Waals surface area (Å²) in [5, 5.41) is 8.37. The standard InChI is InChI=1S/C21H19FN4O/c1-14-10-11-23-12-18(14)16-8-6-15(26-13-24-25-21(16)26)7-9-17-19(22)4-3-5-20(17)27-2/h3-6,8,10-13H,7,9H2,1-2H3. The van der Waals surface area contributed by atoms with E-state index in [2.05, 4.69) is 15.2 Å². The van der Waals surface area contributed by atoms with Crippen molar-refractivity contribution in [1.29, 1.82) is 0 Å². The molecule has 0 fully saturated rings. The second-order valence-corrected chi connectivity index (χ2v) is 6.37. The van der Waals surface area contributed by atoms with Gasteiger partial charge in [0.05, 0.1) is 7.11 Å². The lowest BCUT2D eigenvalue weighted by atomic mass is 10.0. The van der Waals surface area contributed by atoms with Crippen LogP contribution in [-0.2, 0) is 12.8 Å². The minimum Gasteiger partial charge on any atom is -0.496 e. The summed E-state index contributed by atoms with van der Waals surface area (Å²) in [5.41, 5.74) is 5.48. The van der Waals surface area contributed by atoms with Gasteiger partial charge in [-0.25, -0.2) is 4.39 Å². The minimum absolute atomic E-state index is 0.253. The lowest BCUT2D eigenvalue weighted by Gasteiger charge is -2.12. The monoisotopic (exact) mass is 362 g/mol. The number of halogens is 1. The van der Waals surface area contributed by atoms with Gasteiger partial charge in [0, 0.05) is 34.8 Å². The van der Waals surface area contributed by atoms with Crippen LogP contribution in [0.1, 0.15) is 16.8 Å². The Kier molecular flexibility index (Phi) is 4.54. The Morgan fingerprint density at radius 3 is 2.78 bits per heavy atom. The predicted octanol–water partition coefficient (Wildman–Crippen LogP) is 4.03. The van der Waals surface area contributed by atoms with Crippen LogP contribution in [0.15, 0.2) is 55.1 Å². The van der Waals surface area contributed by atoms with Gasteiger partial charge in [0.15, 0.2) is 5.65 Å². The highest BCUT2D eigenvalue weighted by Gasteiger charge is 2.14. The van der Waals surface area contributed by atoms with Crippen molar-refractivity contribution in [2.24, 2.45) is 0 Å². The molecule has 0 amide bonds. The molecule has 3 aromatic heterocycles. The number of aromatic nitrogens is 4. The van der Waals surface area contributed by atoms with Crippen molar-refractivity contribution in [2.45, 2.75) is 19.8 Å². The third-order valence-corrected chi connectivity index (χ3v) is 4.80. The molecule has 0 atom stereocenters. The topological polar surface area (TPSA) is 52.3 Å². The Balaban J connectivity index is 1.70. The van der Waals surface area contributed by atoms with Crippen LogP contribution >= 0.6 is 0 Å². The fourth-order valence-corrected chi connectivity index (χ4v) is 3.35. The number of nitrogens with zero attached hydrogens (tertiary/aromatic N) is 4. The Hall–Kier alpha value is -3.28. The molecule has 1 aromatic carbocycles. The fourth-order valence-electron chi connectivity index (χ4n) is 3.35. The number of hydrogen-bond donors (Lipinski definition) is 0. The number of methoxy groups -OCH3 is 1. The van der Waals surface area contributed by atoms with Crippen LogP contribution in [0.5, 0.6) is 5.75 Å². The van der Waals surface area contributed by atoms with Gasteiger partial charge in [-0.05, 0) is 55.7 Å². The highest BCUT2D eigenvalue weighted by molar-refractivity contribution is 5.79. The summed E-state index contributed by atoms with van der Waals surface area (Å²) < 4.78 is 21.5. The molecule has 3 heterocycles. The van der Waals surface area contributed by atoms with Crippen LogP contribution in [0, 0.1) is 12.7 Å². The largest absolute Gasteiger partial charge is 0.496 e. The summed E-state index contributed by atoms with van der Waals surface area (Å²) >= 11 is 0. The summed E-state index contributed by atoms with van der Waals surface area (Å²) in [6, 6.07) is 10.9. The number of aryl methyl sites for hydroxylation is 2. The van der Waals surface area contributed by atoms with Gasteiger partial charge in [0.25, 0.3) is 0 Å². The first-order chi connectivity index (χ1) is 13.2. The summed E-state index contributed by atoms with van der Waals surface area (Å²) in [4.78, 5) is 4.23. The number of hydrogen-bond acceptors (Lipinski definition) is 4. The Morgan fingerprint density at radius 1 is 1.07 bits per heavy atom. The highest BCUT2D eigenvalue weighted by Crippen LogP contribution is 2.28. The van der Waals surface area contributed by atoms with E-state index in [0.29, 0.717) is 24.2 Å². The SMILES string of the molecule is COc1cccc(F)c1CCc1ccc(-c2cnccc2C)c2nncn12. The molecule has 0 spiro atoms. The smallest absolute Gasteiger partial charge is 0.168 e. The number of fused-ring (bicyclic) bond motifs is 1. The van der Waals surface area contributed by atoms with E-state index in [1.54, 1.807) is 31.8 Å². The van der Waals surface area contributed by atoms with Crippen LogP contribution in [0.4, 0.5) is 4.39 Å². The second kappa shape index (κ2) is 7.15. The second-order valence-electron chi connectivity index (χ2n) is 6.37. The van der Waals surface area contributed by atoms with E-state index in [1.807, 2.05) is 35.7 Å². The zero-order valence-electron chi connectivity index (χ0n) is 15.2. The fraction of sp³-hybridized carbons (Fsp3) is 0.190. The third kappa shape index (κ3) is 3.14. The normalized spacial score (nSPS) is 11.1. The molecule has 6 heteroatoms. The first-order valence-electron chi connectivity index (χ1n) is 8.73. The van der Waals surface area contributed by atoms with Gasteiger partial charge in [-0.3, -0.25) is 9.38 Å². The molecule has 0 radical (unpaired) electrons. The molecule has 0 aliphatic rings. The average molecular weight is 362 g/mol. The molecule has 5 nitrogen and oxygen atoms in total. The molecule has 0 N–H and O–H groups in total. The molecular weight excluding hydrogens is 343 g/mol. The van der Waals surface area contributed by atoms with Crippen LogP contribution in [0.2, 0.25) is 0 Å². The van der Waals surface area contributed by atoms with Gasteiger partial charge in [0.2, 0.25) is 0 Å². The summed E-state index contributed by atoms with van der Waals surface area (Å²) in [6.45, 7) is 2.04. The van der Waals surface area contributed by atoms with Crippen LogP contribution < -0.4 is 4.74 Å². The molecule has 0 aliphatic carbocycles. The molecule has 0 saturated carbocycles. The maximum atomic E-state index is 14.2. The van der Waals surface area contributed by atoms with Gasteiger partial charge in [-0.1, -0.05) is 6.07 Å².